The number of nitrogens with one attached hydrogen (secondary N) is 5. The number of anilines is 2. The molecular formula is C26H40N9O9PS. The lowest BCUT2D eigenvalue weighted by Gasteiger charge is -2.27. The van der Waals surface area contributed by atoms with Crippen molar-refractivity contribution in [3.05, 3.63) is 10.4 Å². The molecule has 2 aromatic rings. The van der Waals surface area contributed by atoms with E-state index in [1.54, 1.807) is 0 Å². The van der Waals surface area contributed by atoms with Crippen molar-refractivity contribution in [2.75, 3.05) is 36.5 Å². The summed E-state index contributed by atoms with van der Waals surface area (Å²) in [5, 5.41) is 23.5. The highest BCUT2D eigenvalue weighted by atomic mass is 32.2. The van der Waals surface area contributed by atoms with Gasteiger partial charge in [-0.05, 0) is 25.7 Å². The van der Waals surface area contributed by atoms with Gasteiger partial charge in [-0.2, -0.15) is 16.7 Å². The molecule has 0 aliphatic carbocycles. The number of fused-ring (bicyclic) bond motifs is 3. The van der Waals surface area contributed by atoms with E-state index in [1.165, 1.54) is 4.57 Å². The standard InChI is InChI=1S/C26H40N9O9PS/c27-24-33-21-18(22(38)34-24)31-25(35(21)23-19(37)20-14(43-23)11-42-45(40,41)44-20)29-10-6-2-1-5-9-28-16(36)8-4-3-7-15-17-13(12-46-15)30-26(39)32-17/h13-15,17,19-20,23,37H,1-12H2,(H,28,36)(H,29,31)(H,40,41)(H2,30,32,39)(H3,27,33,34,38)/t13-,14+,15-,17-,19+,20+,23+/m0/s1. The van der Waals surface area contributed by atoms with Gasteiger partial charge in [-0.3, -0.25) is 28.2 Å². The minimum atomic E-state index is -4.33. The highest BCUT2D eigenvalue weighted by Gasteiger charge is 2.53. The van der Waals surface area contributed by atoms with Crippen molar-refractivity contribution in [3.63, 3.8) is 0 Å². The molecule has 4 fully saturated rings. The van der Waals surface area contributed by atoms with Gasteiger partial charge in [0.1, 0.15) is 18.3 Å². The first-order valence-electron chi connectivity index (χ1n) is 15.6. The van der Waals surface area contributed by atoms with Crippen LogP contribution in [0.25, 0.3) is 11.2 Å². The molecule has 9 N–H and O–H groups in total. The number of amides is 3. The summed E-state index contributed by atoms with van der Waals surface area (Å²) in [5.41, 5.74) is 5.25. The number of nitrogens with zero attached hydrogens (tertiary/aromatic N) is 3. The first-order chi connectivity index (χ1) is 22.1. The van der Waals surface area contributed by atoms with Gasteiger partial charge in [-0.15, -0.1) is 0 Å². The number of nitrogen functional groups attached to an aromatic ring is 1. The maximum atomic E-state index is 12.6. The molecule has 8 atom stereocenters. The quantitative estimate of drug-likeness (QED) is 0.0756. The number of carbonyl (C=O) groups excluding carboxylic acids is 2. The van der Waals surface area contributed by atoms with Crippen LogP contribution in [-0.2, 0) is 23.1 Å². The molecule has 18 nitrogen and oxygen atoms in total. The summed E-state index contributed by atoms with van der Waals surface area (Å²) in [6, 6.07) is 0.330. The predicted octanol–water partition coefficient (Wildman–Crippen LogP) is 0.290. The van der Waals surface area contributed by atoms with Crippen molar-refractivity contribution in [3.8, 4) is 0 Å². The highest BCUT2D eigenvalue weighted by Crippen LogP contribution is 2.52. The molecule has 1 unspecified atom stereocenters. The lowest BCUT2D eigenvalue weighted by molar-refractivity contribution is -0.121. The fraction of sp³-hybridized carbons (Fsp3) is 0.731. The van der Waals surface area contributed by atoms with Gasteiger partial charge in [0.2, 0.25) is 17.8 Å². The number of phosphoric acid groups is 1. The number of thioether (sulfide) groups is 1. The molecule has 0 radical (unpaired) electrons. The lowest BCUT2D eigenvalue weighted by Crippen LogP contribution is -2.39. The minimum Gasteiger partial charge on any atom is -0.386 e. The van der Waals surface area contributed by atoms with Crippen LogP contribution in [0, 0.1) is 0 Å². The van der Waals surface area contributed by atoms with Crippen LogP contribution in [0.3, 0.4) is 0 Å². The van der Waals surface area contributed by atoms with Crippen molar-refractivity contribution in [2.45, 2.75) is 93.2 Å². The topological polar surface area (TPSA) is 257 Å². The zero-order valence-electron chi connectivity index (χ0n) is 25.1. The largest absolute Gasteiger partial charge is 0.472 e. The number of hydrogen-bond donors (Lipinski definition) is 8. The van der Waals surface area contributed by atoms with Gasteiger partial charge in [0.15, 0.2) is 17.4 Å². The smallest absolute Gasteiger partial charge is 0.386 e. The van der Waals surface area contributed by atoms with E-state index in [-0.39, 0.29) is 53.7 Å². The molecule has 3 amide bonds. The number of hydrogen-bond acceptors (Lipinski definition) is 13. The first kappa shape index (κ1) is 33.0. The number of urea groups is 1. The van der Waals surface area contributed by atoms with Crippen LogP contribution in [0.1, 0.15) is 57.6 Å². The lowest BCUT2D eigenvalue weighted by atomic mass is 10.0. The number of ether oxygens (including phenoxy) is 1. The number of H-pyrrole nitrogens is 1. The Bertz CT molecular complexity index is 1540. The van der Waals surface area contributed by atoms with Crippen LogP contribution in [0.15, 0.2) is 4.79 Å². The van der Waals surface area contributed by atoms with E-state index in [0.717, 1.165) is 50.7 Å². The summed E-state index contributed by atoms with van der Waals surface area (Å²) in [4.78, 5) is 57.0. The summed E-state index contributed by atoms with van der Waals surface area (Å²) >= 11 is 1.88. The molecule has 6 rings (SSSR count). The number of imidazole rings is 1. The van der Waals surface area contributed by atoms with Crippen molar-refractivity contribution < 1.29 is 37.9 Å². The van der Waals surface area contributed by atoms with E-state index < -0.39 is 37.9 Å². The maximum absolute atomic E-state index is 12.6. The van der Waals surface area contributed by atoms with E-state index in [1.807, 2.05) is 11.8 Å². The second-order valence-corrected chi connectivity index (χ2v) is 14.6. The van der Waals surface area contributed by atoms with Gasteiger partial charge in [-0.25, -0.2) is 14.3 Å². The van der Waals surface area contributed by atoms with Crippen LogP contribution in [0.5, 0.6) is 0 Å². The number of aliphatic hydroxyl groups is 1. The molecule has 2 aromatic heterocycles. The number of rotatable bonds is 14. The highest BCUT2D eigenvalue weighted by molar-refractivity contribution is 8.00. The third-order valence-corrected chi connectivity index (χ3v) is 11.1. The zero-order chi connectivity index (χ0) is 32.4. The Morgan fingerprint density at radius 3 is 2.76 bits per heavy atom. The average Bonchev–Trinajstić information content (AvgIpc) is 3.74. The van der Waals surface area contributed by atoms with Crippen molar-refractivity contribution >= 4 is 54.6 Å². The average molecular weight is 686 g/mol. The Kier molecular flexibility index (Phi) is 10.1. The molecule has 4 aliphatic heterocycles. The Morgan fingerprint density at radius 1 is 1.13 bits per heavy atom. The van der Waals surface area contributed by atoms with Crippen molar-refractivity contribution in [1.29, 1.82) is 0 Å². The summed E-state index contributed by atoms with van der Waals surface area (Å²) in [6.07, 6.45) is 2.07. The predicted molar refractivity (Wildman–Crippen MR) is 167 cm³/mol. The molecule has 254 valence electrons. The number of carbonyl (C=O) groups is 2. The van der Waals surface area contributed by atoms with Gasteiger partial charge >= 0.3 is 13.9 Å². The third-order valence-electron chi connectivity index (χ3n) is 8.58. The Labute approximate surface area is 267 Å². The fourth-order valence-corrected chi connectivity index (χ4v) is 8.82. The van der Waals surface area contributed by atoms with E-state index in [0.29, 0.717) is 24.8 Å². The summed E-state index contributed by atoms with van der Waals surface area (Å²) in [5.74, 6) is 1.04. The van der Waals surface area contributed by atoms with Gasteiger partial charge < -0.3 is 41.7 Å². The van der Waals surface area contributed by atoms with Crippen molar-refractivity contribution in [1.82, 2.24) is 35.5 Å². The third kappa shape index (κ3) is 7.30. The molecule has 4 aliphatic rings. The molecule has 4 saturated heterocycles. The van der Waals surface area contributed by atoms with Gasteiger partial charge in [-0.1, -0.05) is 19.3 Å². The molecule has 0 spiro atoms. The van der Waals surface area contributed by atoms with E-state index in [4.69, 9.17) is 19.5 Å². The molecule has 46 heavy (non-hydrogen) atoms. The second kappa shape index (κ2) is 14.0. The van der Waals surface area contributed by atoms with Crippen LogP contribution >= 0.6 is 19.6 Å². The molecular weight excluding hydrogens is 645 g/mol. The fourth-order valence-electron chi connectivity index (χ4n) is 6.31. The maximum Gasteiger partial charge on any atom is 0.472 e. The molecule has 0 saturated carbocycles. The molecule has 6 heterocycles. The van der Waals surface area contributed by atoms with Crippen LogP contribution in [0.2, 0.25) is 0 Å². The number of unbranched alkanes of at least 4 members (excludes halogenated alkanes) is 4. The van der Waals surface area contributed by atoms with E-state index in [2.05, 4.69) is 36.2 Å². The number of aliphatic hydroxyl groups excluding tert-OH is 1. The minimum absolute atomic E-state index is 0.0196. The SMILES string of the molecule is Nc1nc2c(nc(NCCCCCCNC(=O)CCCC[C@@H]3SC[C@@H]4NC(=O)N[C@@H]43)n2[C@@H]2O[C@@H]3COP(=O)(O)O[C@H]3[C@H]2O)c(=O)[nH]1. The number of aromatic nitrogens is 4. The zero-order valence-corrected chi connectivity index (χ0v) is 26.8. The van der Waals surface area contributed by atoms with E-state index >= 15 is 0 Å². The Hall–Kier alpha value is -2.93. The van der Waals surface area contributed by atoms with Gasteiger partial charge in [0, 0.05) is 30.5 Å². The number of aromatic amines is 1. The van der Waals surface area contributed by atoms with Crippen LogP contribution < -0.4 is 32.6 Å². The normalized spacial score (nSPS) is 31.8. The molecule has 0 bridgehead atoms. The van der Waals surface area contributed by atoms with Gasteiger partial charge in [0.25, 0.3) is 5.56 Å². The summed E-state index contributed by atoms with van der Waals surface area (Å²) in [6.45, 7) is 0.812. The summed E-state index contributed by atoms with van der Waals surface area (Å²) < 4.78 is 29.1. The van der Waals surface area contributed by atoms with Crippen molar-refractivity contribution in [2.24, 2.45) is 0 Å². The van der Waals surface area contributed by atoms with Gasteiger partial charge in [0.05, 0.1) is 18.7 Å². The molecule has 20 heteroatoms. The van der Waals surface area contributed by atoms with Crippen LogP contribution in [-0.4, -0.2) is 103 Å². The number of phosphoric ester groups is 1. The second-order valence-electron chi connectivity index (χ2n) is 11.9. The Balaban J connectivity index is 0.917. The first-order valence-corrected chi connectivity index (χ1v) is 18.1. The van der Waals surface area contributed by atoms with E-state index in [9.17, 15) is 28.9 Å². The molecule has 0 aromatic carbocycles. The Morgan fingerprint density at radius 2 is 1.93 bits per heavy atom. The monoisotopic (exact) mass is 685 g/mol. The van der Waals surface area contributed by atoms with Crippen LogP contribution in [0.4, 0.5) is 16.7 Å². The summed E-state index contributed by atoms with van der Waals surface area (Å²) in [7, 11) is -4.33. The number of nitrogens with two attached hydrogens (primary N) is 1.